The molecule has 0 bridgehead atoms. The number of likely N-dealkylation sites (tertiary alicyclic amines) is 1. The molecular formula is C23H23N3O4. The molecule has 3 heterocycles. The Balaban J connectivity index is 1.15. The second-order valence-corrected chi connectivity index (χ2v) is 8.15. The lowest BCUT2D eigenvalue weighted by Gasteiger charge is -2.32. The number of aromatic nitrogens is 1. The van der Waals surface area contributed by atoms with Gasteiger partial charge in [-0.3, -0.25) is 9.59 Å². The van der Waals surface area contributed by atoms with Crippen LogP contribution in [-0.4, -0.2) is 35.0 Å². The fourth-order valence-electron chi connectivity index (χ4n) is 4.41. The van der Waals surface area contributed by atoms with Gasteiger partial charge < -0.3 is 19.2 Å². The number of nitrogens with one attached hydrogen (secondary N) is 1. The van der Waals surface area contributed by atoms with Gasteiger partial charge in [-0.15, -0.1) is 0 Å². The van der Waals surface area contributed by atoms with Crippen molar-refractivity contribution in [1.82, 2.24) is 15.4 Å². The summed E-state index contributed by atoms with van der Waals surface area (Å²) in [6.45, 7) is 1.67. The lowest BCUT2D eigenvalue weighted by molar-refractivity contribution is -0.123. The SMILES string of the molecule is O=C(NCc1ccco1)C1CC12CCN(C(=O)c1cc(-c3ccccc3)no1)CC2. The van der Waals surface area contributed by atoms with Crippen molar-refractivity contribution in [3.8, 4) is 11.3 Å². The van der Waals surface area contributed by atoms with Crippen molar-refractivity contribution in [3.05, 3.63) is 66.3 Å². The zero-order valence-corrected chi connectivity index (χ0v) is 16.5. The van der Waals surface area contributed by atoms with E-state index in [0.29, 0.717) is 25.3 Å². The summed E-state index contributed by atoms with van der Waals surface area (Å²) in [6.07, 6.45) is 4.15. The molecule has 1 saturated heterocycles. The Labute approximate surface area is 174 Å². The number of carbonyl (C=O) groups is 2. The summed E-state index contributed by atoms with van der Waals surface area (Å²) >= 11 is 0. The van der Waals surface area contributed by atoms with Crippen molar-refractivity contribution >= 4 is 11.8 Å². The average Bonchev–Trinajstić information content (AvgIpc) is 3.18. The van der Waals surface area contributed by atoms with Gasteiger partial charge in [-0.2, -0.15) is 0 Å². The molecule has 2 aromatic heterocycles. The van der Waals surface area contributed by atoms with E-state index in [-0.39, 0.29) is 28.9 Å². The van der Waals surface area contributed by atoms with Gasteiger partial charge in [0.25, 0.3) is 5.91 Å². The Morgan fingerprint density at radius 3 is 2.67 bits per heavy atom. The maximum absolute atomic E-state index is 12.8. The molecule has 2 fully saturated rings. The molecule has 1 aromatic carbocycles. The number of hydrogen-bond acceptors (Lipinski definition) is 5. The molecular weight excluding hydrogens is 382 g/mol. The van der Waals surface area contributed by atoms with Crippen LogP contribution in [0.15, 0.2) is 63.7 Å². The van der Waals surface area contributed by atoms with Crippen LogP contribution in [0.2, 0.25) is 0 Å². The van der Waals surface area contributed by atoms with Gasteiger partial charge in [0.05, 0.1) is 12.8 Å². The fraction of sp³-hybridized carbons (Fsp3) is 0.348. The molecule has 2 amide bonds. The highest BCUT2D eigenvalue weighted by atomic mass is 16.5. The van der Waals surface area contributed by atoms with Crippen molar-refractivity contribution in [1.29, 1.82) is 0 Å². The van der Waals surface area contributed by atoms with Gasteiger partial charge in [-0.25, -0.2) is 0 Å². The van der Waals surface area contributed by atoms with Crippen LogP contribution in [-0.2, 0) is 11.3 Å². The van der Waals surface area contributed by atoms with Crippen molar-refractivity contribution in [2.45, 2.75) is 25.8 Å². The number of hydrogen-bond donors (Lipinski definition) is 1. The molecule has 3 aromatic rings. The highest BCUT2D eigenvalue weighted by molar-refractivity contribution is 5.92. The van der Waals surface area contributed by atoms with Gasteiger partial charge in [0.2, 0.25) is 11.7 Å². The summed E-state index contributed by atoms with van der Waals surface area (Å²) in [5, 5.41) is 7.00. The first kappa shape index (κ1) is 18.7. The van der Waals surface area contributed by atoms with Crippen molar-refractivity contribution < 1.29 is 18.5 Å². The summed E-state index contributed by atoms with van der Waals surface area (Å²) in [5.74, 6) is 0.973. The van der Waals surface area contributed by atoms with Gasteiger partial charge in [-0.05, 0) is 36.8 Å². The smallest absolute Gasteiger partial charge is 0.292 e. The van der Waals surface area contributed by atoms with E-state index < -0.39 is 0 Å². The lowest BCUT2D eigenvalue weighted by Crippen LogP contribution is -2.40. The predicted octanol–water partition coefficient (Wildman–Crippen LogP) is 3.49. The lowest BCUT2D eigenvalue weighted by atomic mass is 9.90. The van der Waals surface area contributed by atoms with E-state index in [4.69, 9.17) is 8.94 Å². The highest BCUT2D eigenvalue weighted by Crippen LogP contribution is 2.59. The monoisotopic (exact) mass is 405 g/mol. The van der Waals surface area contributed by atoms with E-state index in [1.54, 1.807) is 17.2 Å². The number of piperidine rings is 1. The average molecular weight is 405 g/mol. The van der Waals surface area contributed by atoms with Crippen LogP contribution >= 0.6 is 0 Å². The van der Waals surface area contributed by atoms with Crippen LogP contribution in [0.25, 0.3) is 11.3 Å². The van der Waals surface area contributed by atoms with E-state index in [9.17, 15) is 9.59 Å². The van der Waals surface area contributed by atoms with Gasteiger partial charge in [-0.1, -0.05) is 35.5 Å². The number of rotatable bonds is 5. The Kier molecular flexibility index (Phi) is 4.65. The minimum atomic E-state index is -0.140. The van der Waals surface area contributed by atoms with Crippen LogP contribution in [0.4, 0.5) is 0 Å². The molecule has 30 heavy (non-hydrogen) atoms. The van der Waals surface area contributed by atoms with E-state index in [1.807, 2.05) is 42.5 Å². The van der Waals surface area contributed by atoms with E-state index in [2.05, 4.69) is 10.5 Å². The number of benzene rings is 1. The predicted molar refractivity (Wildman–Crippen MR) is 108 cm³/mol. The Morgan fingerprint density at radius 1 is 1.13 bits per heavy atom. The van der Waals surface area contributed by atoms with E-state index >= 15 is 0 Å². The Morgan fingerprint density at radius 2 is 1.93 bits per heavy atom. The molecule has 7 nitrogen and oxygen atoms in total. The van der Waals surface area contributed by atoms with Crippen molar-refractivity contribution in [2.24, 2.45) is 11.3 Å². The third kappa shape index (κ3) is 3.51. The fourth-order valence-corrected chi connectivity index (χ4v) is 4.41. The van der Waals surface area contributed by atoms with Crippen molar-refractivity contribution in [2.75, 3.05) is 13.1 Å². The summed E-state index contributed by atoms with van der Waals surface area (Å²) in [6, 6.07) is 15.0. The van der Waals surface area contributed by atoms with Gasteiger partial charge >= 0.3 is 0 Å². The minimum Gasteiger partial charge on any atom is -0.467 e. The zero-order chi connectivity index (χ0) is 20.6. The summed E-state index contributed by atoms with van der Waals surface area (Å²) < 4.78 is 10.6. The van der Waals surface area contributed by atoms with Gasteiger partial charge in [0, 0.05) is 30.6 Å². The quantitative estimate of drug-likeness (QED) is 0.702. The van der Waals surface area contributed by atoms with Gasteiger partial charge in [0.1, 0.15) is 11.5 Å². The Hall–Kier alpha value is -3.35. The first-order valence-corrected chi connectivity index (χ1v) is 10.3. The second-order valence-electron chi connectivity index (χ2n) is 8.15. The molecule has 1 atom stereocenters. The number of amides is 2. The normalized spacial score (nSPS) is 19.6. The number of carbonyl (C=O) groups excluding carboxylic acids is 2. The molecule has 1 saturated carbocycles. The van der Waals surface area contributed by atoms with Gasteiger partial charge in [0.15, 0.2) is 0 Å². The number of furan rings is 1. The van der Waals surface area contributed by atoms with Crippen molar-refractivity contribution in [3.63, 3.8) is 0 Å². The zero-order valence-electron chi connectivity index (χ0n) is 16.5. The molecule has 2 aliphatic rings. The summed E-state index contributed by atoms with van der Waals surface area (Å²) in [7, 11) is 0. The molecule has 7 heteroatoms. The topological polar surface area (TPSA) is 88.6 Å². The summed E-state index contributed by atoms with van der Waals surface area (Å²) in [4.78, 5) is 27.1. The van der Waals surface area contributed by atoms with Crippen LogP contribution in [0.5, 0.6) is 0 Å². The van der Waals surface area contributed by atoms with Crippen LogP contribution < -0.4 is 5.32 Å². The minimum absolute atomic E-state index is 0.0275. The number of nitrogens with zero attached hydrogens (tertiary/aromatic N) is 2. The Bertz CT molecular complexity index is 1030. The molecule has 1 N–H and O–H groups in total. The highest BCUT2D eigenvalue weighted by Gasteiger charge is 2.58. The van der Waals surface area contributed by atoms with E-state index in [1.165, 1.54) is 0 Å². The molecule has 1 aliphatic carbocycles. The molecule has 5 rings (SSSR count). The largest absolute Gasteiger partial charge is 0.467 e. The maximum atomic E-state index is 12.8. The molecule has 0 radical (unpaired) electrons. The molecule has 1 aliphatic heterocycles. The van der Waals surface area contributed by atoms with Crippen LogP contribution in [0.3, 0.4) is 0 Å². The van der Waals surface area contributed by atoms with Crippen LogP contribution in [0, 0.1) is 11.3 Å². The maximum Gasteiger partial charge on any atom is 0.292 e. The van der Waals surface area contributed by atoms with E-state index in [0.717, 1.165) is 30.6 Å². The summed E-state index contributed by atoms with van der Waals surface area (Å²) in [5.41, 5.74) is 1.60. The molecule has 154 valence electrons. The first-order chi connectivity index (χ1) is 14.6. The standard InChI is InChI=1S/C23H23N3O4/c27-21(24-15-17-7-4-12-29-17)18-14-23(18)8-10-26(11-9-23)22(28)20-13-19(25-30-20)16-5-2-1-3-6-16/h1-7,12-13,18H,8-11,14-15H2,(H,24,27). The molecule has 1 spiro atoms. The first-order valence-electron chi connectivity index (χ1n) is 10.3. The second kappa shape index (κ2) is 7.48. The third-order valence-corrected chi connectivity index (χ3v) is 6.36. The third-order valence-electron chi connectivity index (χ3n) is 6.36. The van der Waals surface area contributed by atoms with Crippen LogP contribution in [0.1, 0.15) is 35.6 Å². The molecule has 1 unspecified atom stereocenters.